The third kappa shape index (κ3) is 4.77. The number of urea groups is 1. The lowest BCUT2D eigenvalue weighted by molar-refractivity contribution is -0.137. The summed E-state index contributed by atoms with van der Waals surface area (Å²) in [4.78, 5) is 23.2. The molecular formula is C15H8Cl2F4N2O3. The maximum Gasteiger partial charge on any atom is 0.416 e. The van der Waals surface area contributed by atoms with Crippen molar-refractivity contribution in [3.8, 4) is 0 Å². The van der Waals surface area contributed by atoms with Crippen LogP contribution in [0.4, 0.5) is 33.7 Å². The molecule has 0 unspecified atom stereocenters. The Morgan fingerprint density at radius 2 is 1.65 bits per heavy atom. The Kier molecular flexibility index (Phi) is 5.62. The molecule has 11 heteroatoms. The summed E-state index contributed by atoms with van der Waals surface area (Å²) < 4.78 is 51.4. The Morgan fingerprint density at radius 3 is 2.23 bits per heavy atom. The van der Waals surface area contributed by atoms with Crippen molar-refractivity contribution in [3.63, 3.8) is 0 Å². The third-order valence-electron chi connectivity index (χ3n) is 3.01. The van der Waals surface area contributed by atoms with Crippen LogP contribution in [0.25, 0.3) is 0 Å². The standard InChI is InChI=1S/C15H8Cl2F4N2O3/c16-7-3-10(13(24)25)12(11(17)4-7)23-14(26)22-9-2-6(15(19,20)21)1-8(18)5-9/h1-5H,(H,24,25)(H2,22,23,26). The van der Waals surface area contributed by atoms with Crippen LogP contribution in [0.15, 0.2) is 30.3 Å². The van der Waals surface area contributed by atoms with Crippen molar-refractivity contribution in [3.05, 3.63) is 57.3 Å². The van der Waals surface area contributed by atoms with E-state index < -0.39 is 40.8 Å². The molecule has 2 aromatic rings. The summed E-state index contributed by atoms with van der Waals surface area (Å²) >= 11 is 11.5. The van der Waals surface area contributed by atoms with E-state index >= 15 is 0 Å². The molecule has 2 aromatic carbocycles. The number of aromatic carboxylic acids is 1. The molecule has 0 aliphatic heterocycles. The van der Waals surface area contributed by atoms with Gasteiger partial charge in [0.15, 0.2) is 0 Å². The van der Waals surface area contributed by atoms with Crippen LogP contribution < -0.4 is 10.6 Å². The van der Waals surface area contributed by atoms with Gasteiger partial charge in [0, 0.05) is 10.7 Å². The number of halogens is 6. The van der Waals surface area contributed by atoms with E-state index in [0.29, 0.717) is 12.1 Å². The molecule has 3 N–H and O–H groups in total. The van der Waals surface area contributed by atoms with Crippen LogP contribution in [0, 0.1) is 5.82 Å². The molecule has 0 bridgehead atoms. The highest BCUT2D eigenvalue weighted by Gasteiger charge is 2.31. The largest absolute Gasteiger partial charge is 0.478 e. The Labute approximate surface area is 153 Å². The average molecular weight is 411 g/mol. The summed E-state index contributed by atoms with van der Waals surface area (Å²) in [7, 11) is 0. The first-order chi connectivity index (χ1) is 12.0. The van der Waals surface area contributed by atoms with Gasteiger partial charge in [-0.25, -0.2) is 14.0 Å². The zero-order valence-corrected chi connectivity index (χ0v) is 13.9. The molecule has 0 aromatic heterocycles. The van der Waals surface area contributed by atoms with Gasteiger partial charge in [-0.2, -0.15) is 13.2 Å². The number of carboxylic acids is 1. The number of hydrogen-bond donors (Lipinski definition) is 3. The van der Waals surface area contributed by atoms with Gasteiger partial charge in [0.2, 0.25) is 0 Å². The molecule has 138 valence electrons. The zero-order valence-electron chi connectivity index (χ0n) is 12.4. The second-order valence-electron chi connectivity index (χ2n) is 4.92. The minimum atomic E-state index is -4.81. The maximum absolute atomic E-state index is 13.3. The molecule has 26 heavy (non-hydrogen) atoms. The van der Waals surface area contributed by atoms with Gasteiger partial charge in [-0.05, 0) is 30.3 Å². The number of rotatable bonds is 3. The van der Waals surface area contributed by atoms with Gasteiger partial charge in [0.1, 0.15) is 5.82 Å². The Hall–Kier alpha value is -2.52. The predicted molar refractivity (Wildman–Crippen MR) is 87.5 cm³/mol. The van der Waals surface area contributed by atoms with Crippen molar-refractivity contribution < 1.29 is 32.3 Å². The highest BCUT2D eigenvalue weighted by atomic mass is 35.5. The molecule has 0 atom stereocenters. The van der Waals surface area contributed by atoms with Crippen LogP contribution in [0.2, 0.25) is 10.0 Å². The quantitative estimate of drug-likeness (QED) is 0.585. The summed E-state index contributed by atoms with van der Waals surface area (Å²) in [5.41, 5.74) is -2.55. The van der Waals surface area contributed by atoms with Crippen LogP contribution in [-0.4, -0.2) is 17.1 Å². The number of benzene rings is 2. The molecule has 2 amide bonds. The van der Waals surface area contributed by atoms with E-state index in [4.69, 9.17) is 28.3 Å². The topological polar surface area (TPSA) is 78.4 Å². The normalized spacial score (nSPS) is 11.2. The number of amides is 2. The first kappa shape index (κ1) is 19.8. The lowest BCUT2D eigenvalue weighted by atomic mass is 10.1. The molecule has 0 saturated carbocycles. The molecule has 0 fully saturated rings. The molecule has 0 heterocycles. The van der Waals surface area contributed by atoms with Gasteiger partial charge in [0.25, 0.3) is 0 Å². The summed E-state index contributed by atoms with van der Waals surface area (Å²) in [5, 5.41) is 13.0. The van der Waals surface area contributed by atoms with Crippen LogP contribution in [0.5, 0.6) is 0 Å². The maximum atomic E-state index is 13.3. The van der Waals surface area contributed by atoms with E-state index in [9.17, 15) is 27.2 Å². The molecule has 0 radical (unpaired) electrons. The summed E-state index contributed by atoms with van der Waals surface area (Å²) in [6.07, 6.45) is -4.81. The van der Waals surface area contributed by atoms with E-state index in [1.807, 2.05) is 5.32 Å². The van der Waals surface area contributed by atoms with Crippen molar-refractivity contribution in [2.24, 2.45) is 0 Å². The summed E-state index contributed by atoms with van der Waals surface area (Å²) in [6.45, 7) is 0. The fourth-order valence-electron chi connectivity index (χ4n) is 1.97. The molecule has 0 aliphatic carbocycles. The van der Waals surface area contributed by atoms with Gasteiger partial charge in [-0.3, -0.25) is 0 Å². The van der Waals surface area contributed by atoms with Gasteiger partial charge >= 0.3 is 18.2 Å². The second-order valence-corrected chi connectivity index (χ2v) is 5.76. The molecule has 0 spiro atoms. The van der Waals surface area contributed by atoms with E-state index in [2.05, 4.69) is 5.32 Å². The fourth-order valence-corrected chi connectivity index (χ4v) is 2.51. The van der Waals surface area contributed by atoms with E-state index in [-0.39, 0.29) is 21.8 Å². The Bertz CT molecular complexity index is 888. The van der Waals surface area contributed by atoms with E-state index in [1.54, 1.807) is 0 Å². The van der Waals surface area contributed by atoms with Crippen molar-refractivity contribution in [2.45, 2.75) is 6.18 Å². The minimum absolute atomic E-state index is 0.00157. The van der Waals surface area contributed by atoms with Crippen LogP contribution in [0.3, 0.4) is 0 Å². The van der Waals surface area contributed by atoms with Gasteiger partial charge in [-0.1, -0.05) is 23.2 Å². The number of anilines is 2. The number of carbonyl (C=O) groups excluding carboxylic acids is 1. The highest BCUT2D eigenvalue weighted by Crippen LogP contribution is 2.32. The molecular weight excluding hydrogens is 403 g/mol. The molecule has 0 saturated heterocycles. The second kappa shape index (κ2) is 7.38. The zero-order chi connectivity index (χ0) is 19.6. The first-order valence-electron chi connectivity index (χ1n) is 6.65. The van der Waals surface area contributed by atoms with Crippen molar-refractivity contribution in [1.82, 2.24) is 0 Å². The Morgan fingerprint density at radius 1 is 1.00 bits per heavy atom. The van der Waals surface area contributed by atoms with Crippen LogP contribution in [-0.2, 0) is 6.18 Å². The minimum Gasteiger partial charge on any atom is -0.478 e. The average Bonchev–Trinajstić information content (AvgIpc) is 2.48. The molecule has 5 nitrogen and oxygen atoms in total. The summed E-state index contributed by atoms with van der Waals surface area (Å²) in [5.74, 6) is -2.67. The van der Waals surface area contributed by atoms with Crippen LogP contribution >= 0.6 is 23.2 Å². The van der Waals surface area contributed by atoms with Crippen molar-refractivity contribution in [2.75, 3.05) is 10.6 Å². The van der Waals surface area contributed by atoms with E-state index in [0.717, 1.165) is 12.1 Å². The van der Waals surface area contributed by atoms with E-state index in [1.165, 1.54) is 0 Å². The predicted octanol–water partition coefficient (Wildman–Crippen LogP) is 5.49. The number of hydrogen-bond acceptors (Lipinski definition) is 2. The third-order valence-corrected chi connectivity index (χ3v) is 3.52. The Balaban J connectivity index is 2.28. The van der Waals surface area contributed by atoms with Crippen molar-refractivity contribution >= 4 is 46.6 Å². The van der Waals surface area contributed by atoms with Gasteiger partial charge in [-0.15, -0.1) is 0 Å². The van der Waals surface area contributed by atoms with Crippen molar-refractivity contribution in [1.29, 1.82) is 0 Å². The van der Waals surface area contributed by atoms with Crippen LogP contribution in [0.1, 0.15) is 15.9 Å². The SMILES string of the molecule is O=C(Nc1cc(F)cc(C(F)(F)F)c1)Nc1c(Cl)cc(Cl)cc1C(=O)O. The first-order valence-corrected chi connectivity index (χ1v) is 7.41. The number of nitrogens with one attached hydrogen (secondary N) is 2. The number of carbonyl (C=O) groups is 2. The number of alkyl halides is 3. The highest BCUT2D eigenvalue weighted by molar-refractivity contribution is 6.38. The smallest absolute Gasteiger partial charge is 0.416 e. The lowest BCUT2D eigenvalue weighted by Crippen LogP contribution is -2.22. The molecule has 2 rings (SSSR count). The molecule has 0 aliphatic rings. The van der Waals surface area contributed by atoms with Gasteiger partial charge < -0.3 is 15.7 Å². The number of carboxylic acid groups (broad SMARTS) is 1. The fraction of sp³-hybridized carbons (Fsp3) is 0.0667. The van der Waals surface area contributed by atoms with Gasteiger partial charge in [0.05, 0.1) is 21.8 Å². The lowest BCUT2D eigenvalue weighted by Gasteiger charge is -2.13. The monoisotopic (exact) mass is 410 g/mol. The summed E-state index contributed by atoms with van der Waals surface area (Å²) in [6, 6.07) is 2.50.